The monoisotopic (exact) mass is 433 g/mol. The van der Waals surface area contributed by atoms with Gasteiger partial charge in [-0.15, -0.1) is 0 Å². The Labute approximate surface area is 163 Å². The number of rotatable bonds is 7. The van der Waals surface area contributed by atoms with Crippen molar-refractivity contribution in [3.05, 3.63) is 64.2 Å². The van der Waals surface area contributed by atoms with Crippen LogP contribution in [0.4, 0.5) is 4.39 Å². The maximum atomic E-state index is 13.3. The quantitative estimate of drug-likeness (QED) is 0.611. The van der Waals surface area contributed by atoms with Crippen LogP contribution in [0.1, 0.15) is 17.9 Å². The standard InChI is InChI=1S/C19H17BrFN3O3/c1-26-16-4-2-13(3-5-16)19-23-18(27-24-19)7-6-17(25)22-11-12-8-14(20)10-15(21)9-12/h2-5,8-10H,6-7,11H2,1H3,(H,22,25). The van der Waals surface area contributed by atoms with Gasteiger partial charge in [0.2, 0.25) is 17.6 Å². The molecule has 3 rings (SSSR count). The number of benzene rings is 2. The van der Waals surface area contributed by atoms with Gasteiger partial charge in [-0.1, -0.05) is 21.1 Å². The predicted molar refractivity (Wildman–Crippen MR) is 101 cm³/mol. The van der Waals surface area contributed by atoms with Crippen molar-refractivity contribution < 1.29 is 18.4 Å². The summed E-state index contributed by atoms with van der Waals surface area (Å²) in [7, 11) is 1.60. The first-order valence-electron chi connectivity index (χ1n) is 8.22. The van der Waals surface area contributed by atoms with Crippen molar-refractivity contribution >= 4 is 21.8 Å². The first-order valence-corrected chi connectivity index (χ1v) is 9.01. The highest BCUT2D eigenvalue weighted by Crippen LogP contribution is 2.20. The molecule has 8 heteroatoms. The molecule has 0 aliphatic rings. The van der Waals surface area contributed by atoms with Crippen LogP contribution in [-0.4, -0.2) is 23.2 Å². The summed E-state index contributed by atoms with van der Waals surface area (Å²) < 4.78 is 24.3. The third kappa shape index (κ3) is 5.37. The average Bonchev–Trinajstić information content (AvgIpc) is 3.13. The molecule has 1 amide bonds. The Kier molecular flexibility index (Phi) is 6.18. The number of nitrogens with zero attached hydrogens (tertiary/aromatic N) is 2. The molecule has 0 atom stereocenters. The Hall–Kier alpha value is -2.74. The molecule has 1 N–H and O–H groups in total. The highest BCUT2D eigenvalue weighted by Gasteiger charge is 2.11. The van der Waals surface area contributed by atoms with Crippen LogP contribution in [0.25, 0.3) is 11.4 Å². The van der Waals surface area contributed by atoms with Gasteiger partial charge in [0, 0.05) is 29.4 Å². The Morgan fingerprint density at radius 3 is 2.74 bits per heavy atom. The largest absolute Gasteiger partial charge is 0.497 e. The van der Waals surface area contributed by atoms with Crippen LogP contribution in [0.2, 0.25) is 0 Å². The summed E-state index contributed by atoms with van der Waals surface area (Å²) in [5.41, 5.74) is 1.47. The van der Waals surface area contributed by atoms with Gasteiger partial charge in [-0.3, -0.25) is 4.79 Å². The Bertz CT molecular complexity index is 908. The SMILES string of the molecule is COc1ccc(-c2noc(CCC(=O)NCc3cc(F)cc(Br)c3)n2)cc1. The van der Waals surface area contributed by atoms with Gasteiger partial charge in [-0.25, -0.2) is 4.39 Å². The zero-order chi connectivity index (χ0) is 19.2. The molecule has 1 aromatic heterocycles. The zero-order valence-electron chi connectivity index (χ0n) is 14.5. The summed E-state index contributed by atoms with van der Waals surface area (Å²) in [5, 5.41) is 6.67. The van der Waals surface area contributed by atoms with Crippen molar-refractivity contribution in [1.29, 1.82) is 0 Å². The molecule has 0 radical (unpaired) electrons. The molecule has 0 bridgehead atoms. The lowest BCUT2D eigenvalue weighted by Crippen LogP contribution is -2.23. The molecule has 0 saturated heterocycles. The molecule has 6 nitrogen and oxygen atoms in total. The molecular weight excluding hydrogens is 417 g/mol. The van der Waals surface area contributed by atoms with Gasteiger partial charge in [0.15, 0.2) is 0 Å². The second-order valence-corrected chi connectivity index (χ2v) is 6.71. The number of carbonyl (C=O) groups is 1. The van der Waals surface area contributed by atoms with E-state index in [0.717, 1.165) is 11.3 Å². The lowest BCUT2D eigenvalue weighted by atomic mass is 10.2. The Balaban J connectivity index is 1.51. The summed E-state index contributed by atoms with van der Waals surface area (Å²) >= 11 is 3.22. The molecule has 1 heterocycles. The van der Waals surface area contributed by atoms with E-state index in [1.165, 1.54) is 12.1 Å². The highest BCUT2D eigenvalue weighted by atomic mass is 79.9. The van der Waals surface area contributed by atoms with Crippen LogP contribution in [-0.2, 0) is 17.8 Å². The zero-order valence-corrected chi connectivity index (χ0v) is 16.1. The van der Waals surface area contributed by atoms with Crippen molar-refractivity contribution in [1.82, 2.24) is 15.5 Å². The van der Waals surface area contributed by atoms with Gasteiger partial charge in [-0.2, -0.15) is 4.98 Å². The number of carbonyl (C=O) groups excluding carboxylic acids is 1. The van der Waals surface area contributed by atoms with E-state index in [2.05, 4.69) is 31.4 Å². The number of hydrogen-bond donors (Lipinski definition) is 1. The molecule has 140 valence electrons. The van der Waals surface area contributed by atoms with Crippen molar-refractivity contribution in [3.63, 3.8) is 0 Å². The molecule has 27 heavy (non-hydrogen) atoms. The molecule has 0 saturated carbocycles. The van der Waals surface area contributed by atoms with Crippen molar-refractivity contribution in [2.75, 3.05) is 7.11 Å². The lowest BCUT2D eigenvalue weighted by molar-refractivity contribution is -0.121. The fourth-order valence-electron chi connectivity index (χ4n) is 2.44. The number of methoxy groups -OCH3 is 1. The van der Waals surface area contributed by atoms with E-state index in [0.29, 0.717) is 28.2 Å². The molecule has 2 aromatic carbocycles. The van der Waals surface area contributed by atoms with Crippen LogP contribution < -0.4 is 10.1 Å². The van der Waals surface area contributed by atoms with Crippen LogP contribution in [0, 0.1) is 5.82 Å². The van der Waals surface area contributed by atoms with E-state index < -0.39 is 0 Å². The summed E-state index contributed by atoms with van der Waals surface area (Å²) in [6, 6.07) is 11.8. The Morgan fingerprint density at radius 2 is 2.04 bits per heavy atom. The fraction of sp³-hybridized carbons (Fsp3) is 0.211. The van der Waals surface area contributed by atoms with Gasteiger partial charge in [-0.05, 0) is 48.0 Å². The number of aryl methyl sites for hydroxylation is 1. The Morgan fingerprint density at radius 1 is 1.26 bits per heavy atom. The van der Waals surface area contributed by atoms with E-state index >= 15 is 0 Å². The second kappa shape index (κ2) is 8.77. The summed E-state index contributed by atoms with van der Waals surface area (Å²) in [5.74, 6) is 1.04. The van der Waals surface area contributed by atoms with Crippen LogP contribution >= 0.6 is 15.9 Å². The first-order chi connectivity index (χ1) is 13.0. The molecule has 0 aliphatic carbocycles. The average molecular weight is 434 g/mol. The van der Waals surface area contributed by atoms with Crippen LogP contribution in [0.5, 0.6) is 5.75 Å². The molecule has 0 unspecified atom stereocenters. The maximum Gasteiger partial charge on any atom is 0.227 e. The topological polar surface area (TPSA) is 77.2 Å². The van der Waals surface area contributed by atoms with Crippen LogP contribution in [0.3, 0.4) is 0 Å². The summed E-state index contributed by atoms with van der Waals surface area (Å²) in [6.07, 6.45) is 0.516. The maximum absolute atomic E-state index is 13.3. The molecule has 0 spiro atoms. The minimum Gasteiger partial charge on any atom is -0.497 e. The third-order valence-corrected chi connectivity index (χ3v) is 4.25. The van der Waals surface area contributed by atoms with E-state index in [1.807, 2.05) is 24.3 Å². The molecule has 0 aliphatic heterocycles. The number of aromatic nitrogens is 2. The van der Waals surface area contributed by atoms with Gasteiger partial charge in [0.25, 0.3) is 0 Å². The number of ether oxygens (including phenoxy) is 1. The van der Waals surface area contributed by atoms with Gasteiger partial charge in [0.1, 0.15) is 11.6 Å². The molecule has 0 fully saturated rings. The number of halogens is 2. The number of nitrogens with one attached hydrogen (secondary N) is 1. The minimum absolute atomic E-state index is 0.181. The van der Waals surface area contributed by atoms with Gasteiger partial charge < -0.3 is 14.6 Å². The second-order valence-electron chi connectivity index (χ2n) is 5.79. The first kappa shape index (κ1) is 19.0. The number of amides is 1. The smallest absolute Gasteiger partial charge is 0.227 e. The van der Waals surface area contributed by atoms with Gasteiger partial charge >= 0.3 is 0 Å². The van der Waals surface area contributed by atoms with Crippen LogP contribution in [0.15, 0.2) is 51.5 Å². The number of hydrogen-bond acceptors (Lipinski definition) is 5. The highest BCUT2D eigenvalue weighted by molar-refractivity contribution is 9.10. The van der Waals surface area contributed by atoms with E-state index in [9.17, 15) is 9.18 Å². The molecular formula is C19H17BrFN3O3. The van der Waals surface area contributed by atoms with E-state index in [1.54, 1.807) is 13.2 Å². The third-order valence-electron chi connectivity index (χ3n) is 3.79. The summed E-state index contributed by atoms with van der Waals surface area (Å²) in [6.45, 7) is 0.246. The fourth-order valence-corrected chi connectivity index (χ4v) is 2.95. The van der Waals surface area contributed by atoms with Crippen molar-refractivity contribution in [2.45, 2.75) is 19.4 Å². The van der Waals surface area contributed by atoms with Crippen molar-refractivity contribution in [3.8, 4) is 17.1 Å². The minimum atomic E-state index is -0.356. The normalized spacial score (nSPS) is 10.6. The lowest BCUT2D eigenvalue weighted by Gasteiger charge is -2.05. The molecule has 3 aromatic rings. The van der Waals surface area contributed by atoms with E-state index in [4.69, 9.17) is 9.26 Å². The predicted octanol–water partition coefficient (Wildman–Crippen LogP) is 3.90. The summed E-state index contributed by atoms with van der Waals surface area (Å²) in [4.78, 5) is 16.3. The van der Waals surface area contributed by atoms with Crippen molar-refractivity contribution in [2.24, 2.45) is 0 Å². The van der Waals surface area contributed by atoms with E-state index in [-0.39, 0.29) is 24.7 Å². The van der Waals surface area contributed by atoms with Gasteiger partial charge in [0.05, 0.1) is 7.11 Å².